The minimum Gasteiger partial charge on any atom is -0.507 e. The fraction of sp³-hybridized carbons (Fsp3) is 0.136. The van der Waals surface area contributed by atoms with Gasteiger partial charge in [0.2, 0.25) is 0 Å². The number of benzene rings is 3. The molecule has 0 heterocycles. The van der Waals surface area contributed by atoms with Crippen molar-refractivity contribution in [2.45, 2.75) is 19.4 Å². The fourth-order valence-corrected chi connectivity index (χ4v) is 2.98. The van der Waals surface area contributed by atoms with Crippen LogP contribution in [0.1, 0.15) is 32.6 Å². The lowest BCUT2D eigenvalue weighted by Gasteiger charge is -2.09. The molecule has 1 aliphatic carbocycles. The van der Waals surface area contributed by atoms with Crippen LogP contribution in [0.25, 0.3) is 0 Å². The average molecular weight is 347 g/mol. The van der Waals surface area contributed by atoms with Gasteiger partial charge in [-0.15, -0.1) is 0 Å². The molecule has 1 aliphatic rings. The molecule has 3 aromatic rings. The highest BCUT2D eigenvalue weighted by molar-refractivity contribution is 6.11. The van der Waals surface area contributed by atoms with Crippen molar-refractivity contribution in [1.29, 1.82) is 0 Å². The SMILES string of the molecule is NCc1c(O)ccc(C(=O)c2ccccc2)c1O.c1cc2cc(c1)CC2. The van der Waals surface area contributed by atoms with Crippen molar-refractivity contribution in [2.24, 2.45) is 5.73 Å². The van der Waals surface area contributed by atoms with E-state index in [4.69, 9.17) is 5.73 Å². The van der Waals surface area contributed by atoms with Gasteiger partial charge >= 0.3 is 0 Å². The summed E-state index contributed by atoms with van der Waals surface area (Å²) >= 11 is 0. The van der Waals surface area contributed by atoms with E-state index in [1.165, 1.54) is 36.1 Å². The molecule has 0 spiro atoms. The molecule has 4 nitrogen and oxygen atoms in total. The second-order valence-electron chi connectivity index (χ2n) is 6.18. The molecule has 4 heteroatoms. The van der Waals surface area contributed by atoms with Crippen molar-refractivity contribution in [2.75, 3.05) is 0 Å². The van der Waals surface area contributed by atoms with Gasteiger partial charge in [0.15, 0.2) is 5.78 Å². The summed E-state index contributed by atoms with van der Waals surface area (Å²) in [5.41, 5.74) is 9.22. The van der Waals surface area contributed by atoms with Crippen LogP contribution in [0.15, 0.2) is 66.7 Å². The number of aryl methyl sites for hydroxylation is 2. The van der Waals surface area contributed by atoms with Crippen LogP contribution in [0.3, 0.4) is 0 Å². The largest absolute Gasteiger partial charge is 0.507 e. The molecule has 0 unspecified atom stereocenters. The number of phenols is 2. The highest BCUT2D eigenvalue weighted by Gasteiger charge is 2.17. The summed E-state index contributed by atoms with van der Waals surface area (Å²) < 4.78 is 0. The first kappa shape index (κ1) is 17.7. The van der Waals surface area contributed by atoms with E-state index in [9.17, 15) is 15.0 Å². The minimum absolute atomic E-state index is 0.0342. The molecule has 4 rings (SSSR count). The number of hydrogen-bond donors (Lipinski definition) is 3. The molecular weight excluding hydrogens is 326 g/mol. The molecule has 0 amide bonds. The van der Waals surface area contributed by atoms with Gasteiger partial charge in [0.25, 0.3) is 0 Å². The number of carbonyl (C=O) groups excluding carboxylic acids is 1. The maximum absolute atomic E-state index is 12.2. The predicted octanol–water partition coefficient (Wildman–Crippen LogP) is 3.57. The Labute approximate surface area is 152 Å². The average Bonchev–Trinajstić information content (AvgIpc) is 3.00. The number of carbonyl (C=O) groups is 1. The molecule has 26 heavy (non-hydrogen) atoms. The summed E-state index contributed by atoms with van der Waals surface area (Å²) in [5.74, 6) is -0.672. The van der Waals surface area contributed by atoms with Crippen LogP contribution in [-0.2, 0) is 19.4 Å². The second kappa shape index (κ2) is 7.85. The second-order valence-corrected chi connectivity index (χ2v) is 6.18. The van der Waals surface area contributed by atoms with E-state index in [0.29, 0.717) is 5.56 Å². The van der Waals surface area contributed by atoms with E-state index in [1.807, 2.05) is 0 Å². The third-order valence-corrected chi connectivity index (χ3v) is 4.44. The number of ketones is 1. The molecule has 0 aliphatic heterocycles. The summed E-state index contributed by atoms with van der Waals surface area (Å²) in [6.07, 6.45) is 2.53. The third-order valence-electron chi connectivity index (χ3n) is 4.44. The molecule has 132 valence electrons. The molecule has 0 aromatic heterocycles. The normalized spacial score (nSPS) is 11.6. The van der Waals surface area contributed by atoms with E-state index < -0.39 is 0 Å². The molecular formula is C22H21NO3. The number of phenolic OH excluding ortho intramolecular Hbond substituents is 2. The Morgan fingerprint density at radius 3 is 2.12 bits per heavy atom. The van der Waals surface area contributed by atoms with E-state index >= 15 is 0 Å². The highest BCUT2D eigenvalue weighted by Crippen LogP contribution is 2.31. The van der Waals surface area contributed by atoms with Crippen molar-refractivity contribution in [3.63, 3.8) is 0 Å². The first-order valence-electron chi connectivity index (χ1n) is 8.51. The summed E-state index contributed by atoms with van der Waals surface area (Å²) in [6, 6.07) is 20.2. The Hall–Kier alpha value is -3.11. The van der Waals surface area contributed by atoms with Crippen molar-refractivity contribution in [1.82, 2.24) is 0 Å². The van der Waals surface area contributed by atoms with Crippen LogP contribution in [0, 0.1) is 0 Å². The summed E-state index contributed by atoms with van der Waals surface area (Å²) in [4.78, 5) is 12.2. The Bertz CT molecular complexity index is 901. The molecule has 4 N–H and O–H groups in total. The van der Waals surface area contributed by atoms with Gasteiger partial charge in [0, 0.05) is 17.7 Å². The Balaban J connectivity index is 0.000000201. The van der Waals surface area contributed by atoms with E-state index in [0.717, 1.165) is 0 Å². The van der Waals surface area contributed by atoms with E-state index in [2.05, 4.69) is 24.3 Å². The van der Waals surface area contributed by atoms with Gasteiger partial charge < -0.3 is 15.9 Å². The fourth-order valence-electron chi connectivity index (χ4n) is 2.98. The van der Waals surface area contributed by atoms with Gasteiger partial charge in [0.1, 0.15) is 11.5 Å². The van der Waals surface area contributed by atoms with Gasteiger partial charge in [0.05, 0.1) is 5.56 Å². The van der Waals surface area contributed by atoms with E-state index in [-0.39, 0.29) is 35.0 Å². The quantitative estimate of drug-likeness (QED) is 0.633. The monoisotopic (exact) mass is 347 g/mol. The van der Waals surface area contributed by atoms with Crippen molar-refractivity contribution < 1.29 is 15.0 Å². The van der Waals surface area contributed by atoms with Gasteiger partial charge in [-0.25, -0.2) is 0 Å². The first-order valence-corrected chi connectivity index (χ1v) is 8.51. The highest BCUT2D eigenvalue weighted by atomic mass is 16.3. The smallest absolute Gasteiger partial charge is 0.196 e. The van der Waals surface area contributed by atoms with Crippen molar-refractivity contribution in [3.05, 3.63) is 94.5 Å². The Morgan fingerprint density at radius 2 is 1.54 bits per heavy atom. The number of fused-ring (bicyclic) bond motifs is 2. The van der Waals surface area contributed by atoms with Crippen LogP contribution in [0.2, 0.25) is 0 Å². The zero-order valence-corrected chi connectivity index (χ0v) is 14.4. The van der Waals surface area contributed by atoms with Crippen LogP contribution < -0.4 is 5.73 Å². The number of hydrogen-bond acceptors (Lipinski definition) is 4. The summed E-state index contributed by atoms with van der Waals surface area (Å²) in [6.45, 7) is -0.0342. The third kappa shape index (κ3) is 3.76. The van der Waals surface area contributed by atoms with Crippen molar-refractivity contribution >= 4 is 5.78 Å². The molecule has 2 bridgehead atoms. The lowest BCUT2D eigenvalue weighted by Crippen LogP contribution is -2.05. The van der Waals surface area contributed by atoms with Gasteiger partial charge in [-0.3, -0.25) is 4.79 Å². The van der Waals surface area contributed by atoms with Crippen molar-refractivity contribution in [3.8, 4) is 11.5 Å². The topological polar surface area (TPSA) is 83.5 Å². The molecule has 0 saturated heterocycles. The van der Waals surface area contributed by atoms with Crippen LogP contribution in [0.4, 0.5) is 0 Å². The minimum atomic E-state index is -0.303. The Kier molecular flexibility index (Phi) is 5.34. The van der Waals surface area contributed by atoms with E-state index in [1.54, 1.807) is 30.3 Å². The van der Waals surface area contributed by atoms with Crippen LogP contribution in [-0.4, -0.2) is 16.0 Å². The lowest BCUT2D eigenvalue weighted by atomic mass is 9.99. The van der Waals surface area contributed by atoms with Gasteiger partial charge in [-0.1, -0.05) is 54.6 Å². The molecule has 0 fully saturated rings. The number of nitrogens with two attached hydrogens (primary N) is 1. The Morgan fingerprint density at radius 1 is 0.885 bits per heavy atom. The number of rotatable bonds is 3. The van der Waals surface area contributed by atoms with Crippen LogP contribution in [0.5, 0.6) is 11.5 Å². The maximum Gasteiger partial charge on any atom is 0.196 e. The van der Waals surface area contributed by atoms with Gasteiger partial charge in [-0.2, -0.15) is 0 Å². The summed E-state index contributed by atoms with van der Waals surface area (Å²) in [5, 5.41) is 19.5. The molecule has 0 saturated carbocycles. The maximum atomic E-state index is 12.2. The zero-order valence-electron chi connectivity index (χ0n) is 14.4. The zero-order chi connectivity index (χ0) is 18.5. The lowest BCUT2D eigenvalue weighted by molar-refractivity contribution is 0.103. The molecule has 0 atom stereocenters. The first-order chi connectivity index (χ1) is 12.6. The standard InChI is InChI=1S/C14H13NO3.C8H8/c15-8-11-12(16)7-6-10(14(11)18)13(17)9-4-2-1-3-5-9;1-2-7-4-5-8(3-1)6-7/h1-7,16,18H,8,15H2;1-3,6H,4-5H2. The summed E-state index contributed by atoms with van der Waals surface area (Å²) in [7, 11) is 0. The molecule has 3 aromatic carbocycles. The molecule has 0 radical (unpaired) electrons. The van der Waals surface area contributed by atoms with Gasteiger partial charge in [-0.05, 0) is 36.1 Å². The van der Waals surface area contributed by atoms with Crippen LogP contribution >= 0.6 is 0 Å². The predicted molar refractivity (Wildman–Crippen MR) is 101 cm³/mol. The number of aromatic hydroxyl groups is 2.